The first-order valence-electron chi connectivity index (χ1n) is 6.43. The summed E-state index contributed by atoms with van der Waals surface area (Å²) >= 11 is -0.541. The highest BCUT2D eigenvalue weighted by molar-refractivity contribution is 6.58. The molecule has 2 heteroatoms. The smallest absolute Gasteiger partial charge is 0.251 e. The Labute approximate surface area is 103 Å². The molecule has 0 amide bonds. The van der Waals surface area contributed by atoms with E-state index in [9.17, 15) is 4.39 Å². The van der Waals surface area contributed by atoms with Gasteiger partial charge in [-0.1, -0.05) is 59.5 Å². The Kier molecular flexibility index (Phi) is 6.77. The van der Waals surface area contributed by atoms with E-state index < -0.39 is 14.1 Å². The molecule has 0 saturated heterocycles. The minimum absolute atomic E-state index is 0.203. The average Bonchev–Trinajstić information content (AvgIpc) is 2.34. The van der Waals surface area contributed by atoms with E-state index in [4.69, 9.17) is 0 Å². The van der Waals surface area contributed by atoms with Gasteiger partial charge in [0.15, 0.2) is 0 Å². The fourth-order valence-corrected chi connectivity index (χ4v) is 4.17. The van der Waals surface area contributed by atoms with Gasteiger partial charge in [-0.05, 0) is 18.4 Å². The standard InChI is InChI=1S/C10H12F.2C2H5.Al/c1-9-4-2-5-10(8-9)6-3-7-11;2*1-2;/h2,4-5,8H,1,3,6-7H2;2*1H2,2H3;. The van der Waals surface area contributed by atoms with Gasteiger partial charge in [0.25, 0.3) is 14.1 Å². The van der Waals surface area contributed by atoms with Crippen LogP contribution in [0.2, 0.25) is 10.6 Å². The summed E-state index contributed by atoms with van der Waals surface area (Å²) in [7, 11) is 0. The molecule has 0 spiro atoms. The van der Waals surface area contributed by atoms with Gasteiger partial charge in [0.1, 0.15) is 0 Å². The maximum atomic E-state index is 12.1. The van der Waals surface area contributed by atoms with Gasteiger partial charge in [-0.3, -0.25) is 4.39 Å². The molecule has 0 aromatic heterocycles. The first-order valence-corrected chi connectivity index (χ1v) is 8.88. The molecular formula is C14H22AlF. The molecule has 0 fully saturated rings. The first-order chi connectivity index (χ1) is 7.80. The van der Waals surface area contributed by atoms with Crippen LogP contribution >= 0.6 is 0 Å². The molecule has 0 unspecified atom stereocenters. The van der Waals surface area contributed by atoms with Crippen LogP contribution in [-0.4, -0.2) is 20.8 Å². The van der Waals surface area contributed by atoms with Crippen molar-refractivity contribution in [3.63, 3.8) is 0 Å². The van der Waals surface area contributed by atoms with Crippen LogP contribution in [0.5, 0.6) is 0 Å². The predicted molar refractivity (Wildman–Crippen MR) is 71.2 cm³/mol. The lowest BCUT2D eigenvalue weighted by molar-refractivity contribution is 0.473. The van der Waals surface area contributed by atoms with Crippen LogP contribution in [0, 0.1) is 0 Å². The fourth-order valence-electron chi connectivity index (χ4n) is 2.09. The zero-order chi connectivity index (χ0) is 11.8. The molecule has 16 heavy (non-hydrogen) atoms. The van der Waals surface area contributed by atoms with Gasteiger partial charge >= 0.3 is 0 Å². The van der Waals surface area contributed by atoms with Crippen molar-refractivity contribution in [3.05, 3.63) is 35.4 Å². The van der Waals surface area contributed by atoms with E-state index in [-0.39, 0.29) is 6.67 Å². The molecule has 0 N–H and O–H groups in total. The van der Waals surface area contributed by atoms with Crippen molar-refractivity contribution >= 4 is 14.1 Å². The largest absolute Gasteiger partial charge is 0.266 e. The topological polar surface area (TPSA) is 0 Å². The summed E-state index contributed by atoms with van der Waals surface area (Å²) in [4.78, 5) is 0. The summed E-state index contributed by atoms with van der Waals surface area (Å²) in [6.07, 6.45) is 1.54. The Balaban J connectivity index is 2.59. The SMILES string of the molecule is C[CH2][Al]([CH2]C)[CH2]c1cccc(CCCF)c1. The lowest BCUT2D eigenvalue weighted by Crippen LogP contribution is -2.13. The van der Waals surface area contributed by atoms with Crippen LogP contribution in [0.3, 0.4) is 0 Å². The van der Waals surface area contributed by atoms with Gasteiger partial charge in [-0.2, -0.15) is 0 Å². The summed E-state index contributed by atoms with van der Waals surface area (Å²) in [5.41, 5.74) is 2.77. The molecule has 0 saturated carbocycles. The Morgan fingerprint density at radius 2 is 1.81 bits per heavy atom. The van der Waals surface area contributed by atoms with E-state index in [0.717, 1.165) is 6.42 Å². The van der Waals surface area contributed by atoms with Crippen LogP contribution in [0.15, 0.2) is 24.3 Å². The number of rotatable bonds is 7. The highest BCUT2D eigenvalue weighted by atomic mass is 27.2. The maximum absolute atomic E-state index is 12.1. The van der Waals surface area contributed by atoms with Gasteiger partial charge in [0, 0.05) is 0 Å². The molecule has 0 heterocycles. The average molecular weight is 236 g/mol. The van der Waals surface area contributed by atoms with Gasteiger partial charge in [-0.15, -0.1) is 0 Å². The molecule has 0 nitrogen and oxygen atoms in total. The third-order valence-corrected chi connectivity index (χ3v) is 6.63. The minimum atomic E-state index is -0.541. The highest BCUT2D eigenvalue weighted by Crippen LogP contribution is 2.12. The maximum Gasteiger partial charge on any atom is 0.266 e. The van der Waals surface area contributed by atoms with Gasteiger partial charge in [-0.25, -0.2) is 0 Å². The van der Waals surface area contributed by atoms with E-state index in [1.54, 1.807) is 0 Å². The lowest BCUT2D eigenvalue weighted by atomic mass is 10.1. The zero-order valence-corrected chi connectivity index (χ0v) is 11.7. The molecule has 0 aliphatic carbocycles. The van der Waals surface area contributed by atoms with Crippen LogP contribution in [0.4, 0.5) is 4.39 Å². The third-order valence-electron chi connectivity index (χ3n) is 3.27. The summed E-state index contributed by atoms with van der Waals surface area (Å²) in [6, 6.07) is 8.75. The molecule has 0 bridgehead atoms. The van der Waals surface area contributed by atoms with E-state index in [2.05, 4.69) is 38.1 Å². The molecule has 1 aromatic carbocycles. The van der Waals surface area contributed by atoms with Crippen LogP contribution in [-0.2, 0) is 11.7 Å². The van der Waals surface area contributed by atoms with Crippen LogP contribution in [0.25, 0.3) is 0 Å². The molecule has 0 radical (unpaired) electrons. The van der Waals surface area contributed by atoms with Crippen LogP contribution < -0.4 is 0 Å². The van der Waals surface area contributed by atoms with Crippen molar-refractivity contribution < 1.29 is 4.39 Å². The Bertz CT molecular complexity index is 295. The second kappa shape index (κ2) is 7.88. The molecule has 0 aliphatic rings. The molecule has 0 aliphatic heterocycles. The van der Waals surface area contributed by atoms with Gasteiger partial charge in [0.05, 0.1) is 6.67 Å². The second-order valence-electron chi connectivity index (χ2n) is 4.50. The lowest BCUT2D eigenvalue weighted by Gasteiger charge is -2.08. The molecular weight excluding hydrogens is 214 g/mol. The number of benzene rings is 1. The van der Waals surface area contributed by atoms with Crippen molar-refractivity contribution in [2.24, 2.45) is 0 Å². The number of halogens is 1. The number of hydrogen-bond donors (Lipinski definition) is 0. The monoisotopic (exact) mass is 236 g/mol. The summed E-state index contributed by atoms with van der Waals surface area (Å²) in [6.45, 7) is 4.42. The van der Waals surface area contributed by atoms with Crippen molar-refractivity contribution in [3.8, 4) is 0 Å². The fraction of sp³-hybridized carbons (Fsp3) is 0.571. The number of alkyl halides is 1. The van der Waals surface area contributed by atoms with E-state index in [1.165, 1.54) is 27.0 Å². The van der Waals surface area contributed by atoms with E-state index >= 15 is 0 Å². The van der Waals surface area contributed by atoms with Gasteiger partial charge in [0.2, 0.25) is 0 Å². The second-order valence-corrected chi connectivity index (χ2v) is 8.27. The summed E-state index contributed by atoms with van der Waals surface area (Å²) < 4.78 is 12.1. The molecule has 0 atom stereocenters. The first kappa shape index (κ1) is 13.7. The minimum Gasteiger partial charge on any atom is -0.251 e. The Hall–Kier alpha value is -0.318. The predicted octanol–water partition coefficient (Wildman–Crippen LogP) is 4.21. The number of hydrogen-bond acceptors (Lipinski definition) is 0. The Morgan fingerprint density at radius 1 is 1.12 bits per heavy atom. The normalized spacial score (nSPS) is 10.4. The Morgan fingerprint density at radius 3 is 2.44 bits per heavy atom. The van der Waals surface area contributed by atoms with Crippen molar-refractivity contribution in [1.82, 2.24) is 0 Å². The third kappa shape index (κ3) is 4.68. The number of aryl methyl sites for hydroxylation is 1. The highest BCUT2D eigenvalue weighted by Gasteiger charge is 2.12. The van der Waals surface area contributed by atoms with Gasteiger partial charge < -0.3 is 0 Å². The van der Waals surface area contributed by atoms with Crippen molar-refractivity contribution in [2.45, 2.75) is 42.5 Å². The summed E-state index contributed by atoms with van der Waals surface area (Å²) in [5.74, 6) is 0. The molecule has 1 aromatic rings. The van der Waals surface area contributed by atoms with E-state index in [1.807, 2.05) is 0 Å². The molecule has 1 rings (SSSR count). The quantitative estimate of drug-likeness (QED) is 0.622. The van der Waals surface area contributed by atoms with Crippen LogP contribution in [0.1, 0.15) is 31.4 Å². The van der Waals surface area contributed by atoms with Crippen molar-refractivity contribution in [1.29, 1.82) is 0 Å². The van der Waals surface area contributed by atoms with Crippen molar-refractivity contribution in [2.75, 3.05) is 6.67 Å². The zero-order valence-electron chi connectivity index (χ0n) is 10.5. The summed E-state index contributed by atoms with van der Waals surface area (Å²) in [5, 5.41) is 4.06. The van der Waals surface area contributed by atoms with E-state index in [0.29, 0.717) is 6.42 Å². The molecule has 88 valence electrons.